The Kier molecular flexibility index (Phi) is 7.22. The monoisotopic (exact) mass is 370 g/mol. The molecule has 0 aliphatic carbocycles. The molecule has 1 amide bonds. The fourth-order valence-corrected chi connectivity index (χ4v) is 3.36. The number of nitrogens with zero attached hydrogens (tertiary/aromatic N) is 1. The van der Waals surface area contributed by atoms with Crippen LogP contribution in [0.1, 0.15) is 18.4 Å². The van der Waals surface area contributed by atoms with E-state index in [0.29, 0.717) is 12.5 Å². The first-order valence-corrected chi connectivity index (χ1v) is 9.61. The molecule has 0 aromatic heterocycles. The van der Waals surface area contributed by atoms with Gasteiger partial charge in [-0.1, -0.05) is 42.5 Å². The molecular formula is C22H27FN2O2. The number of hydrogen-bond acceptors (Lipinski definition) is 3. The molecule has 1 aliphatic rings. The van der Waals surface area contributed by atoms with Crippen LogP contribution in [0.25, 0.3) is 0 Å². The number of para-hydroxylation sites is 1. The van der Waals surface area contributed by atoms with E-state index < -0.39 is 5.82 Å². The van der Waals surface area contributed by atoms with E-state index in [1.165, 1.54) is 17.7 Å². The third-order valence-electron chi connectivity index (χ3n) is 5.05. The summed E-state index contributed by atoms with van der Waals surface area (Å²) in [4.78, 5) is 14.4. The largest absolute Gasteiger partial charge is 0.481 e. The van der Waals surface area contributed by atoms with Crippen LogP contribution in [-0.2, 0) is 11.2 Å². The van der Waals surface area contributed by atoms with Crippen molar-refractivity contribution < 1.29 is 13.9 Å². The lowest BCUT2D eigenvalue weighted by molar-refractivity contribution is -0.123. The number of benzene rings is 2. The predicted molar refractivity (Wildman–Crippen MR) is 104 cm³/mol. The molecule has 1 saturated heterocycles. The summed E-state index contributed by atoms with van der Waals surface area (Å²) in [6.07, 6.45) is 3.25. The van der Waals surface area contributed by atoms with Gasteiger partial charge < -0.3 is 15.0 Å². The van der Waals surface area contributed by atoms with Crippen molar-refractivity contribution in [2.45, 2.75) is 19.3 Å². The highest BCUT2D eigenvalue weighted by molar-refractivity contribution is 5.77. The Labute approximate surface area is 160 Å². The molecule has 4 nitrogen and oxygen atoms in total. The third-order valence-corrected chi connectivity index (χ3v) is 5.05. The Morgan fingerprint density at radius 1 is 1.07 bits per heavy atom. The zero-order valence-electron chi connectivity index (χ0n) is 15.6. The van der Waals surface area contributed by atoms with Crippen LogP contribution in [0.4, 0.5) is 4.39 Å². The minimum Gasteiger partial charge on any atom is -0.481 e. The summed E-state index contributed by atoms with van der Waals surface area (Å²) in [5, 5.41) is 2.91. The summed E-state index contributed by atoms with van der Waals surface area (Å²) in [6.45, 7) is 3.72. The van der Waals surface area contributed by atoms with E-state index in [4.69, 9.17) is 4.74 Å². The molecule has 1 N–H and O–H groups in total. The molecular weight excluding hydrogens is 343 g/mol. The number of carbonyl (C=O) groups is 1. The first-order valence-electron chi connectivity index (χ1n) is 9.61. The minimum absolute atomic E-state index is 0.111. The maximum absolute atomic E-state index is 13.5. The Balaban J connectivity index is 1.30. The normalized spacial score (nSPS) is 15.4. The second-order valence-electron chi connectivity index (χ2n) is 7.04. The summed E-state index contributed by atoms with van der Waals surface area (Å²) in [7, 11) is 0. The van der Waals surface area contributed by atoms with Crippen molar-refractivity contribution in [2.24, 2.45) is 5.92 Å². The number of ether oxygens (including phenoxy) is 1. The van der Waals surface area contributed by atoms with Crippen LogP contribution < -0.4 is 10.1 Å². The second-order valence-corrected chi connectivity index (χ2v) is 7.04. The van der Waals surface area contributed by atoms with Crippen molar-refractivity contribution in [3.63, 3.8) is 0 Å². The van der Waals surface area contributed by atoms with Crippen molar-refractivity contribution in [3.8, 4) is 5.75 Å². The summed E-state index contributed by atoms with van der Waals surface area (Å²) in [5.41, 5.74) is 1.38. The molecule has 1 aliphatic heterocycles. The fourth-order valence-electron chi connectivity index (χ4n) is 3.36. The topological polar surface area (TPSA) is 41.6 Å². The van der Waals surface area contributed by atoms with E-state index in [-0.39, 0.29) is 18.3 Å². The van der Waals surface area contributed by atoms with E-state index in [0.717, 1.165) is 38.9 Å². The SMILES string of the molecule is O=C(COc1ccccc1F)NCC1CCN(CCc2ccccc2)CC1. The number of piperidine rings is 1. The maximum Gasteiger partial charge on any atom is 0.257 e. The third kappa shape index (κ3) is 6.36. The van der Waals surface area contributed by atoms with Crippen molar-refractivity contribution in [2.75, 3.05) is 32.8 Å². The first-order chi connectivity index (χ1) is 13.2. The Hall–Kier alpha value is -2.40. The summed E-state index contributed by atoms with van der Waals surface area (Å²) < 4.78 is 18.7. The van der Waals surface area contributed by atoms with E-state index >= 15 is 0 Å². The standard InChI is InChI=1S/C22H27FN2O2/c23-20-8-4-5-9-21(20)27-17-22(26)24-16-19-11-14-25(15-12-19)13-10-18-6-2-1-3-7-18/h1-9,19H,10-17H2,(H,24,26). The summed E-state index contributed by atoms with van der Waals surface area (Å²) >= 11 is 0. The van der Waals surface area contributed by atoms with Gasteiger partial charge in [0.05, 0.1) is 0 Å². The lowest BCUT2D eigenvalue weighted by Gasteiger charge is -2.32. The number of carbonyl (C=O) groups excluding carboxylic acids is 1. The average Bonchev–Trinajstić information content (AvgIpc) is 2.71. The molecule has 0 bridgehead atoms. The summed E-state index contributed by atoms with van der Waals surface area (Å²) in [5.74, 6) is -0.0484. The van der Waals surface area contributed by atoms with Crippen LogP contribution in [0, 0.1) is 11.7 Å². The number of hydrogen-bond donors (Lipinski definition) is 1. The number of likely N-dealkylation sites (tertiary alicyclic amines) is 1. The van der Waals surface area contributed by atoms with Gasteiger partial charge in [0.2, 0.25) is 0 Å². The van der Waals surface area contributed by atoms with Crippen LogP contribution in [0.15, 0.2) is 54.6 Å². The van der Waals surface area contributed by atoms with Gasteiger partial charge in [0.25, 0.3) is 5.91 Å². The molecule has 2 aromatic rings. The molecule has 0 radical (unpaired) electrons. The smallest absolute Gasteiger partial charge is 0.257 e. The van der Waals surface area contributed by atoms with Gasteiger partial charge in [0.15, 0.2) is 18.2 Å². The number of rotatable bonds is 8. The molecule has 5 heteroatoms. The van der Waals surface area contributed by atoms with Crippen molar-refractivity contribution in [3.05, 3.63) is 66.0 Å². The molecule has 0 spiro atoms. The van der Waals surface area contributed by atoms with Crippen LogP contribution in [0.2, 0.25) is 0 Å². The van der Waals surface area contributed by atoms with Crippen LogP contribution in [0.5, 0.6) is 5.75 Å². The molecule has 0 saturated carbocycles. The van der Waals surface area contributed by atoms with Gasteiger partial charge in [-0.2, -0.15) is 0 Å². The highest BCUT2D eigenvalue weighted by Gasteiger charge is 2.19. The highest BCUT2D eigenvalue weighted by atomic mass is 19.1. The van der Waals surface area contributed by atoms with Crippen molar-refractivity contribution in [1.82, 2.24) is 10.2 Å². The second kappa shape index (κ2) is 10.1. The fraction of sp³-hybridized carbons (Fsp3) is 0.409. The van der Waals surface area contributed by atoms with E-state index in [9.17, 15) is 9.18 Å². The zero-order valence-corrected chi connectivity index (χ0v) is 15.6. The van der Waals surface area contributed by atoms with Crippen LogP contribution >= 0.6 is 0 Å². The average molecular weight is 370 g/mol. The Bertz CT molecular complexity index is 715. The Morgan fingerprint density at radius 3 is 2.52 bits per heavy atom. The quantitative estimate of drug-likeness (QED) is 0.775. The lowest BCUT2D eigenvalue weighted by atomic mass is 9.96. The van der Waals surface area contributed by atoms with Gasteiger partial charge >= 0.3 is 0 Å². The molecule has 144 valence electrons. The van der Waals surface area contributed by atoms with Gasteiger partial charge in [0, 0.05) is 13.1 Å². The lowest BCUT2D eigenvalue weighted by Crippen LogP contribution is -2.40. The number of nitrogens with one attached hydrogen (secondary N) is 1. The maximum atomic E-state index is 13.5. The van der Waals surface area contributed by atoms with Gasteiger partial charge in [0.1, 0.15) is 0 Å². The van der Waals surface area contributed by atoms with Gasteiger partial charge in [-0.05, 0) is 56.0 Å². The van der Waals surface area contributed by atoms with E-state index in [2.05, 4.69) is 34.5 Å². The van der Waals surface area contributed by atoms with Crippen LogP contribution in [0.3, 0.4) is 0 Å². The van der Waals surface area contributed by atoms with Gasteiger partial charge in [-0.25, -0.2) is 4.39 Å². The molecule has 0 atom stereocenters. The zero-order chi connectivity index (χ0) is 18.9. The molecule has 1 heterocycles. The molecule has 3 rings (SSSR count). The number of halogens is 1. The molecule has 27 heavy (non-hydrogen) atoms. The highest BCUT2D eigenvalue weighted by Crippen LogP contribution is 2.17. The summed E-state index contributed by atoms with van der Waals surface area (Å²) in [6, 6.07) is 16.7. The first kappa shape index (κ1) is 19.4. The van der Waals surface area contributed by atoms with Crippen LogP contribution in [-0.4, -0.2) is 43.6 Å². The minimum atomic E-state index is -0.451. The Morgan fingerprint density at radius 2 is 1.78 bits per heavy atom. The van der Waals surface area contributed by atoms with Gasteiger partial charge in [-0.15, -0.1) is 0 Å². The van der Waals surface area contributed by atoms with E-state index in [1.807, 2.05) is 6.07 Å². The number of amides is 1. The van der Waals surface area contributed by atoms with Crippen molar-refractivity contribution in [1.29, 1.82) is 0 Å². The molecule has 1 fully saturated rings. The van der Waals surface area contributed by atoms with E-state index in [1.54, 1.807) is 12.1 Å². The van der Waals surface area contributed by atoms with Gasteiger partial charge in [-0.3, -0.25) is 4.79 Å². The van der Waals surface area contributed by atoms with Crippen molar-refractivity contribution >= 4 is 5.91 Å². The molecule has 0 unspecified atom stereocenters. The predicted octanol–water partition coefficient (Wildman–Crippen LogP) is 3.28. The molecule has 2 aromatic carbocycles.